The SMILES string of the molecule is CCN(C)CCn1c(C(C)Cl)nc2cc(Br)cnc21. The Labute approximate surface area is 126 Å². The molecule has 2 heterocycles. The molecule has 2 rings (SSSR count). The Morgan fingerprint density at radius 3 is 2.89 bits per heavy atom. The fourth-order valence-corrected chi connectivity index (χ4v) is 2.44. The molecule has 0 amide bonds. The number of alkyl halides is 1. The number of hydrogen-bond donors (Lipinski definition) is 0. The van der Waals surface area contributed by atoms with Gasteiger partial charge in [-0.3, -0.25) is 0 Å². The summed E-state index contributed by atoms with van der Waals surface area (Å²) in [4.78, 5) is 11.3. The first kappa shape index (κ1) is 14.8. The molecule has 1 atom stereocenters. The third-order valence-electron chi connectivity index (χ3n) is 3.18. The highest BCUT2D eigenvalue weighted by atomic mass is 79.9. The topological polar surface area (TPSA) is 34.0 Å². The molecule has 19 heavy (non-hydrogen) atoms. The van der Waals surface area contributed by atoms with Crippen molar-refractivity contribution in [2.75, 3.05) is 20.1 Å². The van der Waals surface area contributed by atoms with E-state index in [0.29, 0.717) is 0 Å². The van der Waals surface area contributed by atoms with Crippen molar-refractivity contribution in [1.82, 2.24) is 19.4 Å². The Balaban J connectivity index is 2.40. The molecule has 0 aliphatic rings. The van der Waals surface area contributed by atoms with Gasteiger partial charge in [-0.1, -0.05) is 6.92 Å². The minimum absolute atomic E-state index is 0.125. The van der Waals surface area contributed by atoms with E-state index in [4.69, 9.17) is 11.6 Å². The molecule has 0 aliphatic carbocycles. The van der Waals surface area contributed by atoms with Crippen molar-refractivity contribution >= 4 is 38.7 Å². The van der Waals surface area contributed by atoms with Crippen molar-refractivity contribution in [3.05, 3.63) is 22.6 Å². The van der Waals surface area contributed by atoms with E-state index in [-0.39, 0.29) is 5.38 Å². The van der Waals surface area contributed by atoms with Crippen LogP contribution in [0.2, 0.25) is 0 Å². The molecule has 6 heteroatoms. The van der Waals surface area contributed by atoms with Crippen LogP contribution in [0.5, 0.6) is 0 Å². The lowest BCUT2D eigenvalue weighted by Gasteiger charge is -2.16. The second-order valence-corrected chi connectivity index (χ2v) is 6.20. The highest BCUT2D eigenvalue weighted by molar-refractivity contribution is 9.10. The third-order valence-corrected chi connectivity index (χ3v) is 3.81. The molecule has 104 valence electrons. The largest absolute Gasteiger partial charge is 0.310 e. The minimum atomic E-state index is -0.125. The van der Waals surface area contributed by atoms with Crippen LogP contribution < -0.4 is 0 Å². The highest BCUT2D eigenvalue weighted by Crippen LogP contribution is 2.25. The number of likely N-dealkylation sites (N-methyl/N-ethyl adjacent to an activating group) is 1. The molecule has 0 bridgehead atoms. The summed E-state index contributed by atoms with van der Waals surface area (Å²) in [5.41, 5.74) is 1.78. The quantitative estimate of drug-likeness (QED) is 0.778. The average molecular weight is 346 g/mol. The van der Waals surface area contributed by atoms with Gasteiger partial charge in [-0.05, 0) is 42.5 Å². The van der Waals surface area contributed by atoms with Crippen molar-refractivity contribution in [3.8, 4) is 0 Å². The number of pyridine rings is 1. The van der Waals surface area contributed by atoms with E-state index in [1.165, 1.54) is 0 Å². The zero-order chi connectivity index (χ0) is 14.0. The highest BCUT2D eigenvalue weighted by Gasteiger charge is 2.16. The molecule has 1 unspecified atom stereocenters. The average Bonchev–Trinajstić information content (AvgIpc) is 2.73. The summed E-state index contributed by atoms with van der Waals surface area (Å²) in [6.07, 6.45) is 1.80. The molecule has 0 saturated carbocycles. The Kier molecular flexibility index (Phi) is 4.81. The predicted octanol–water partition coefficient (Wildman–Crippen LogP) is 3.45. The molecule has 0 spiro atoms. The first-order valence-electron chi connectivity index (χ1n) is 6.37. The summed E-state index contributed by atoms with van der Waals surface area (Å²) >= 11 is 9.66. The van der Waals surface area contributed by atoms with E-state index < -0.39 is 0 Å². The second kappa shape index (κ2) is 6.20. The Hall–Kier alpha value is -0.650. The van der Waals surface area contributed by atoms with Gasteiger partial charge in [0.25, 0.3) is 0 Å². The van der Waals surface area contributed by atoms with Crippen molar-refractivity contribution in [1.29, 1.82) is 0 Å². The molecule has 0 fully saturated rings. The number of rotatable bonds is 5. The summed E-state index contributed by atoms with van der Waals surface area (Å²) in [6, 6.07) is 1.98. The van der Waals surface area contributed by atoms with E-state index in [0.717, 1.165) is 41.1 Å². The number of hydrogen-bond acceptors (Lipinski definition) is 3. The maximum absolute atomic E-state index is 6.23. The smallest absolute Gasteiger partial charge is 0.160 e. The Morgan fingerprint density at radius 1 is 1.53 bits per heavy atom. The van der Waals surface area contributed by atoms with Gasteiger partial charge in [0.15, 0.2) is 5.65 Å². The summed E-state index contributed by atoms with van der Waals surface area (Å²) < 4.78 is 3.05. The number of halogens is 2. The van der Waals surface area contributed by atoms with Crippen LogP contribution in [0.4, 0.5) is 0 Å². The first-order chi connectivity index (χ1) is 9.02. The minimum Gasteiger partial charge on any atom is -0.310 e. The van der Waals surface area contributed by atoms with Gasteiger partial charge in [0.05, 0.1) is 5.38 Å². The van der Waals surface area contributed by atoms with E-state index in [1.54, 1.807) is 6.20 Å². The van der Waals surface area contributed by atoms with Gasteiger partial charge in [-0.2, -0.15) is 0 Å². The lowest BCUT2D eigenvalue weighted by molar-refractivity contribution is 0.335. The fraction of sp³-hybridized carbons (Fsp3) is 0.538. The molecule has 2 aromatic heterocycles. The van der Waals surface area contributed by atoms with Gasteiger partial charge in [0.2, 0.25) is 0 Å². The Bertz CT molecular complexity index is 567. The summed E-state index contributed by atoms with van der Waals surface area (Å²) in [7, 11) is 2.10. The summed E-state index contributed by atoms with van der Waals surface area (Å²) in [5.74, 6) is 0.881. The van der Waals surface area contributed by atoms with E-state index in [2.05, 4.69) is 49.3 Å². The van der Waals surface area contributed by atoms with Crippen LogP contribution in [0.3, 0.4) is 0 Å². The lowest BCUT2D eigenvalue weighted by Crippen LogP contribution is -2.23. The molecule has 4 nitrogen and oxygen atoms in total. The molecule has 0 aliphatic heterocycles. The van der Waals surface area contributed by atoms with Crippen LogP contribution in [0.15, 0.2) is 16.7 Å². The Morgan fingerprint density at radius 2 is 2.26 bits per heavy atom. The normalized spacial score (nSPS) is 13.4. The molecule has 0 aromatic carbocycles. The van der Waals surface area contributed by atoms with E-state index in [9.17, 15) is 0 Å². The monoisotopic (exact) mass is 344 g/mol. The van der Waals surface area contributed by atoms with Crippen molar-refractivity contribution in [2.24, 2.45) is 0 Å². The number of imidazole rings is 1. The molecule has 0 N–H and O–H groups in total. The van der Waals surface area contributed by atoms with Crippen LogP contribution in [0.25, 0.3) is 11.2 Å². The second-order valence-electron chi connectivity index (χ2n) is 4.63. The fourth-order valence-electron chi connectivity index (χ4n) is 1.96. The number of nitrogens with zero attached hydrogens (tertiary/aromatic N) is 4. The number of aromatic nitrogens is 3. The van der Waals surface area contributed by atoms with Crippen molar-refractivity contribution in [2.45, 2.75) is 25.8 Å². The van der Waals surface area contributed by atoms with Gasteiger partial charge in [0, 0.05) is 23.8 Å². The van der Waals surface area contributed by atoms with Crippen molar-refractivity contribution in [3.63, 3.8) is 0 Å². The standard InChI is InChI=1S/C13H18BrClN4/c1-4-18(3)5-6-19-12(9(2)15)17-11-7-10(14)8-16-13(11)19/h7-9H,4-6H2,1-3H3. The number of fused-ring (bicyclic) bond motifs is 1. The van der Waals surface area contributed by atoms with Crippen LogP contribution in [0, 0.1) is 0 Å². The maximum atomic E-state index is 6.23. The first-order valence-corrected chi connectivity index (χ1v) is 7.60. The molecule has 0 radical (unpaired) electrons. The predicted molar refractivity (Wildman–Crippen MR) is 82.7 cm³/mol. The lowest BCUT2D eigenvalue weighted by atomic mass is 10.4. The zero-order valence-electron chi connectivity index (χ0n) is 11.4. The molecular formula is C13H18BrClN4. The van der Waals surface area contributed by atoms with E-state index >= 15 is 0 Å². The van der Waals surface area contributed by atoms with Gasteiger partial charge < -0.3 is 9.47 Å². The molecular weight excluding hydrogens is 328 g/mol. The van der Waals surface area contributed by atoms with Crippen LogP contribution in [-0.2, 0) is 6.54 Å². The summed E-state index contributed by atoms with van der Waals surface area (Å²) in [6.45, 7) is 6.92. The van der Waals surface area contributed by atoms with Crippen LogP contribution in [0.1, 0.15) is 25.0 Å². The van der Waals surface area contributed by atoms with Gasteiger partial charge in [-0.15, -0.1) is 11.6 Å². The molecule has 2 aromatic rings. The van der Waals surface area contributed by atoms with Crippen molar-refractivity contribution < 1.29 is 0 Å². The third kappa shape index (κ3) is 3.27. The zero-order valence-corrected chi connectivity index (χ0v) is 13.7. The summed E-state index contributed by atoms with van der Waals surface area (Å²) in [5, 5.41) is -0.125. The van der Waals surface area contributed by atoms with Gasteiger partial charge in [-0.25, -0.2) is 9.97 Å². The van der Waals surface area contributed by atoms with E-state index in [1.807, 2.05) is 13.0 Å². The van der Waals surface area contributed by atoms with Gasteiger partial charge in [0.1, 0.15) is 11.3 Å². The maximum Gasteiger partial charge on any atom is 0.160 e. The van der Waals surface area contributed by atoms with Gasteiger partial charge >= 0.3 is 0 Å². The van der Waals surface area contributed by atoms with Crippen LogP contribution >= 0.6 is 27.5 Å². The van der Waals surface area contributed by atoms with Crippen LogP contribution in [-0.4, -0.2) is 39.6 Å². The molecule has 0 saturated heterocycles.